The Labute approximate surface area is 103 Å². The summed E-state index contributed by atoms with van der Waals surface area (Å²) >= 11 is 0. The van der Waals surface area contributed by atoms with E-state index in [1.165, 1.54) is 37.8 Å². The largest absolute Gasteiger partial charge is 0.321 e. The summed E-state index contributed by atoms with van der Waals surface area (Å²) in [6, 6.07) is 6.67. The van der Waals surface area contributed by atoms with Crippen LogP contribution >= 0.6 is 0 Å². The Balaban J connectivity index is 2.19. The van der Waals surface area contributed by atoms with Crippen molar-refractivity contribution in [3.05, 3.63) is 35.6 Å². The molecular weight excluding hydrogens is 213 g/mol. The topological polar surface area (TPSA) is 26.0 Å². The summed E-state index contributed by atoms with van der Waals surface area (Å²) in [5, 5.41) is 0. The second-order valence-electron chi connectivity index (χ2n) is 5.76. The quantitative estimate of drug-likeness (QED) is 0.828. The van der Waals surface area contributed by atoms with Crippen molar-refractivity contribution in [2.75, 3.05) is 0 Å². The van der Waals surface area contributed by atoms with E-state index in [0.29, 0.717) is 5.92 Å². The molecule has 0 aromatic heterocycles. The number of hydrogen-bond donors (Lipinski definition) is 1. The van der Waals surface area contributed by atoms with Crippen molar-refractivity contribution >= 4 is 0 Å². The molecular formula is C15H22FN. The lowest BCUT2D eigenvalue weighted by Crippen LogP contribution is -2.43. The summed E-state index contributed by atoms with van der Waals surface area (Å²) < 4.78 is 12.9. The van der Waals surface area contributed by atoms with Crippen molar-refractivity contribution in [1.82, 2.24) is 0 Å². The highest BCUT2D eigenvalue weighted by molar-refractivity contribution is 5.25. The third kappa shape index (κ3) is 2.68. The molecule has 2 rings (SSSR count). The van der Waals surface area contributed by atoms with Gasteiger partial charge in [-0.3, -0.25) is 0 Å². The minimum atomic E-state index is -0.331. The first kappa shape index (κ1) is 12.6. The van der Waals surface area contributed by atoms with Crippen LogP contribution in [0.1, 0.15) is 45.1 Å². The van der Waals surface area contributed by atoms with Gasteiger partial charge in [0.05, 0.1) is 0 Å². The molecule has 2 heteroatoms. The molecule has 0 heterocycles. The SMILES string of the molecule is CC1CCCC(C(C)(N)c2ccc(F)cc2)C1. The van der Waals surface area contributed by atoms with Gasteiger partial charge in [0.25, 0.3) is 0 Å². The maximum atomic E-state index is 12.9. The fraction of sp³-hybridized carbons (Fsp3) is 0.600. The van der Waals surface area contributed by atoms with E-state index < -0.39 is 0 Å². The van der Waals surface area contributed by atoms with E-state index in [2.05, 4.69) is 13.8 Å². The molecule has 1 aromatic carbocycles. The highest BCUT2D eigenvalue weighted by atomic mass is 19.1. The number of halogens is 1. The Morgan fingerprint density at radius 2 is 1.88 bits per heavy atom. The molecule has 1 nitrogen and oxygen atoms in total. The Kier molecular flexibility index (Phi) is 3.53. The van der Waals surface area contributed by atoms with Gasteiger partial charge in [-0.15, -0.1) is 0 Å². The van der Waals surface area contributed by atoms with Gasteiger partial charge in [-0.05, 0) is 49.3 Å². The molecule has 1 saturated carbocycles. The van der Waals surface area contributed by atoms with Crippen LogP contribution in [-0.4, -0.2) is 0 Å². The maximum Gasteiger partial charge on any atom is 0.123 e. The van der Waals surface area contributed by atoms with Crippen LogP contribution in [0, 0.1) is 17.7 Å². The average Bonchev–Trinajstić information content (AvgIpc) is 2.29. The van der Waals surface area contributed by atoms with Gasteiger partial charge in [0.1, 0.15) is 5.82 Å². The normalized spacial score (nSPS) is 28.7. The van der Waals surface area contributed by atoms with Crippen molar-refractivity contribution in [1.29, 1.82) is 0 Å². The standard InChI is InChI=1S/C15H22FN/c1-11-4-3-5-13(10-11)15(2,17)12-6-8-14(16)9-7-12/h6-9,11,13H,3-5,10,17H2,1-2H3. The van der Waals surface area contributed by atoms with E-state index in [-0.39, 0.29) is 11.4 Å². The molecule has 1 aliphatic rings. The molecule has 0 saturated heterocycles. The summed E-state index contributed by atoms with van der Waals surface area (Å²) in [6.45, 7) is 4.38. The first-order chi connectivity index (χ1) is 8.00. The molecule has 1 aliphatic carbocycles. The zero-order chi connectivity index (χ0) is 12.5. The van der Waals surface area contributed by atoms with Gasteiger partial charge < -0.3 is 5.73 Å². The molecule has 0 bridgehead atoms. The Morgan fingerprint density at radius 1 is 1.24 bits per heavy atom. The fourth-order valence-electron chi connectivity index (χ4n) is 3.02. The lowest BCUT2D eigenvalue weighted by molar-refractivity contribution is 0.185. The highest BCUT2D eigenvalue weighted by Crippen LogP contribution is 2.39. The first-order valence-corrected chi connectivity index (χ1v) is 6.55. The highest BCUT2D eigenvalue weighted by Gasteiger charge is 2.34. The molecule has 17 heavy (non-hydrogen) atoms. The molecule has 0 radical (unpaired) electrons. The van der Waals surface area contributed by atoms with Crippen LogP contribution in [0.15, 0.2) is 24.3 Å². The molecule has 1 fully saturated rings. The first-order valence-electron chi connectivity index (χ1n) is 6.55. The van der Waals surface area contributed by atoms with Crippen molar-refractivity contribution < 1.29 is 4.39 Å². The molecule has 3 unspecified atom stereocenters. The van der Waals surface area contributed by atoms with Crippen molar-refractivity contribution in [2.24, 2.45) is 17.6 Å². The zero-order valence-electron chi connectivity index (χ0n) is 10.7. The zero-order valence-corrected chi connectivity index (χ0v) is 10.7. The molecule has 0 spiro atoms. The lowest BCUT2D eigenvalue weighted by Gasteiger charge is -2.39. The average molecular weight is 235 g/mol. The summed E-state index contributed by atoms with van der Waals surface area (Å²) in [7, 11) is 0. The summed E-state index contributed by atoms with van der Waals surface area (Å²) in [5.41, 5.74) is 7.23. The van der Waals surface area contributed by atoms with E-state index in [4.69, 9.17) is 5.73 Å². The van der Waals surface area contributed by atoms with Gasteiger partial charge >= 0.3 is 0 Å². The van der Waals surface area contributed by atoms with Crippen LogP contribution in [0.25, 0.3) is 0 Å². The molecule has 94 valence electrons. The minimum absolute atomic E-state index is 0.193. The van der Waals surface area contributed by atoms with E-state index in [9.17, 15) is 4.39 Å². The second-order valence-corrected chi connectivity index (χ2v) is 5.76. The van der Waals surface area contributed by atoms with Crippen LogP contribution in [0.2, 0.25) is 0 Å². The van der Waals surface area contributed by atoms with Gasteiger partial charge in [0.2, 0.25) is 0 Å². The summed E-state index contributed by atoms with van der Waals surface area (Å²) in [4.78, 5) is 0. The summed E-state index contributed by atoms with van der Waals surface area (Å²) in [5.74, 6) is 1.08. The molecule has 0 amide bonds. The maximum absolute atomic E-state index is 12.9. The molecule has 0 aliphatic heterocycles. The van der Waals surface area contributed by atoms with Crippen LogP contribution in [0.5, 0.6) is 0 Å². The lowest BCUT2D eigenvalue weighted by atomic mass is 9.70. The molecule has 2 N–H and O–H groups in total. The van der Waals surface area contributed by atoms with Gasteiger partial charge in [-0.25, -0.2) is 4.39 Å². The van der Waals surface area contributed by atoms with E-state index in [1.54, 1.807) is 0 Å². The van der Waals surface area contributed by atoms with E-state index in [0.717, 1.165) is 11.5 Å². The molecule has 3 atom stereocenters. The Morgan fingerprint density at radius 3 is 2.47 bits per heavy atom. The van der Waals surface area contributed by atoms with Crippen LogP contribution in [0.3, 0.4) is 0 Å². The van der Waals surface area contributed by atoms with Crippen LogP contribution in [0.4, 0.5) is 4.39 Å². The van der Waals surface area contributed by atoms with Crippen LogP contribution in [-0.2, 0) is 5.54 Å². The van der Waals surface area contributed by atoms with E-state index >= 15 is 0 Å². The number of rotatable bonds is 2. The monoisotopic (exact) mass is 235 g/mol. The van der Waals surface area contributed by atoms with Gasteiger partial charge in [-0.2, -0.15) is 0 Å². The Bertz CT molecular complexity index is 369. The predicted molar refractivity (Wildman–Crippen MR) is 69.1 cm³/mol. The summed E-state index contributed by atoms with van der Waals surface area (Å²) in [6.07, 6.45) is 4.95. The smallest absolute Gasteiger partial charge is 0.123 e. The van der Waals surface area contributed by atoms with E-state index in [1.807, 2.05) is 12.1 Å². The number of benzene rings is 1. The van der Waals surface area contributed by atoms with Gasteiger partial charge in [-0.1, -0.05) is 31.9 Å². The molecule has 1 aromatic rings. The second kappa shape index (κ2) is 4.77. The van der Waals surface area contributed by atoms with Gasteiger partial charge in [0.15, 0.2) is 0 Å². The number of hydrogen-bond acceptors (Lipinski definition) is 1. The number of nitrogens with two attached hydrogens (primary N) is 1. The van der Waals surface area contributed by atoms with Crippen LogP contribution < -0.4 is 5.73 Å². The predicted octanol–water partition coefficient (Wildman–Crippen LogP) is 3.83. The van der Waals surface area contributed by atoms with Crippen molar-refractivity contribution in [3.63, 3.8) is 0 Å². The minimum Gasteiger partial charge on any atom is -0.321 e. The van der Waals surface area contributed by atoms with Crippen molar-refractivity contribution in [2.45, 2.75) is 45.1 Å². The Hall–Kier alpha value is -0.890. The third-order valence-corrected chi connectivity index (χ3v) is 4.25. The third-order valence-electron chi connectivity index (χ3n) is 4.25. The van der Waals surface area contributed by atoms with Crippen molar-refractivity contribution in [3.8, 4) is 0 Å². The fourth-order valence-corrected chi connectivity index (χ4v) is 3.02. The van der Waals surface area contributed by atoms with Gasteiger partial charge in [0, 0.05) is 5.54 Å².